The van der Waals surface area contributed by atoms with E-state index in [0.29, 0.717) is 18.0 Å². The second-order valence-electron chi connectivity index (χ2n) is 6.63. The van der Waals surface area contributed by atoms with E-state index in [-0.39, 0.29) is 11.7 Å². The second kappa shape index (κ2) is 7.60. The Hall–Kier alpha value is -2.92. The zero-order valence-electron chi connectivity index (χ0n) is 14.8. The molecular formula is C22H17ClF2N2O. The standard InChI is InChI=1S/C22H17ClF2N2O/c23-18-8-4-3-7-17(18)21-16-6-2-1-5-14(16)11-12-27(21)22(28)26-15-9-10-19(24)20(25)13-15/h1-10,13,21H,11-12H2,(H,26,28)/t21-/m1/s1. The van der Waals surface area contributed by atoms with E-state index in [1.807, 2.05) is 42.5 Å². The molecule has 0 spiro atoms. The molecular weight excluding hydrogens is 382 g/mol. The second-order valence-corrected chi connectivity index (χ2v) is 7.03. The van der Waals surface area contributed by atoms with Crippen LogP contribution in [0.1, 0.15) is 22.7 Å². The van der Waals surface area contributed by atoms with Crippen molar-refractivity contribution in [2.75, 3.05) is 11.9 Å². The first kappa shape index (κ1) is 18.4. The predicted octanol–water partition coefficient (Wildman–Crippen LogP) is 5.80. The summed E-state index contributed by atoms with van der Waals surface area (Å²) in [5, 5.41) is 3.23. The number of halogens is 3. The maximum atomic E-state index is 13.5. The molecule has 0 unspecified atom stereocenters. The van der Waals surface area contributed by atoms with E-state index in [1.165, 1.54) is 6.07 Å². The molecule has 3 aromatic carbocycles. The largest absolute Gasteiger partial charge is 0.322 e. The summed E-state index contributed by atoms with van der Waals surface area (Å²) in [6, 6.07) is 17.9. The van der Waals surface area contributed by atoms with Crippen molar-refractivity contribution < 1.29 is 13.6 Å². The number of rotatable bonds is 2. The smallest absolute Gasteiger partial charge is 0.313 e. The van der Waals surface area contributed by atoms with E-state index in [0.717, 1.165) is 28.8 Å². The third-order valence-electron chi connectivity index (χ3n) is 4.91. The normalized spacial score (nSPS) is 15.8. The predicted molar refractivity (Wildman–Crippen MR) is 106 cm³/mol. The number of fused-ring (bicyclic) bond motifs is 1. The first-order valence-electron chi connectivity index (χ1n) is 8.89. The number of hydrogen-bond acceptors (Lipinski definition) is 1. The number of carbonyl (C=O) groups excluding carboxylic acids is 1. The van der Waals surface area contributed by atoms with Gasteiger partial charge in [-0.25, -0.2) is 13.6 Å². The number of nitrogens with one attached hydrogen (secondary N) is 1. The van der Waals surface area contributed by atoms with Gasteiger partial charge >= 0.3 is 6.03 Å². The Labute approximate surface area is 166 Å². The van der Waals surface area contributed by atoms with Crippen LogP contribution in [0.4, 0.5) is 19.3 Å². The molecule has 0 saturated heterocycles. The van der Waals surface area contributed by atoms with Gasteiger partial charge < -0.3 is 10.2 Å². The van der Waals surface area contributed by atoms with Crippen LogP contribution >= 0.6 is 11.6 Å². The Morgan fingerprint density at radius 2 is 1.68 bits per heavy atom. The Kier molecular flexibility index (Phi) is 5.01. The molecule has 3 nitrogen and oxygen atoms in total. The molecule has 3 aromatic rings. The lowest BCUT2D eigenvalue weighted by atomic mass is 9.88. The van der Waals surface area contributed by atoms with E-state index in [9.17, 15) is 13.6 Å². The monoisotopic (exact) mass is 398 g/mol. The average Bonchev–Trinajstić information content (AvgIpc) is 2.70. The van der Waals surface area contributed by atoms with Crippen molar-refractivity contribution in [3.63, 3.8) is 0 Å². The van der Waals surface area contributed by atoms with Gasteiger partial charge in [0.2, 0.25) is 0 Å². The summed E-state index contributed by atoms with van der Waals surface area (Å²) in [6.07, 6.45) is 0.697. The highest BCUT2D eigenvalue weighted by Crippen LogP contribution is 2.38. The van der Waals surface area contributed by atoms with Crippen LogP contribution in [0.3, 0.4) is 0 Å². The van der Waals surface area contributed by atoms with Gasteiger partial charge in [-0.3, -0.25) is 0 Å². The molecule has 0 bridgehead atoms. The summed E-state index contributed by atoms with van der Waals surface area (Å²) >= 11 is 6.44. The fourth-order valence-electron chi connectivity index (χ4n) is 3.59. The lowest BCUT2D eigenvalue weighted by molar-refractivity contribution is 0.194. The third-order valence-corrected chi connectivity index (χ3v) is 5.26. The number of nitrogens with zero attached hydrogens (tertiary/aromatic N) is 1. The topological polar surface area (TPSA) is 32.3 Å². The van der Waals surface area contributed by atoms with Crippen molar-refractivity contribution in [3.05, 3.63) is 100 Å². The van der Waals surface area contributed by atoms with Gasteiger partial charge in [-0.15, -0.1) is 0 Å². The molecule has 2 amide bonds. The van der Waals surface area contributed by atoms with Gasteiger partial charge in [-0.2, -0.15) is 0 Å². The molecule has 1 atom stereocenters. The lowest BCUT2D eigenvalue weighted by Gasteiger charge is -2.38. The van der Waals surface area contributed by atoms with Crippen molar-refractivity contribution in [1.82, 2.24) is 4.90 Å². The van der Waals surface area contributed by atoms with Crippen molar-refractivity contribution in [3.8, 4) is 0 Å². The van der Waals surface area contributed by atoms with E-state index in [4.69, 9.17) is 11.6 Å². The number of benzene rings is 3. The van der Waals surface area contributed by atoms with Crippen molar-refractivity contribution in [2.45, 2.75) is 12.5 Å². The Bertz CT molecular complexity index is 1040. The lowest BCUT2D eigenvalue weighted by Crippen LogP contribution is -2.43. The number of hydrogen-bond donors (Lipinski definition) is 1. The summed E-state index contributed by atoms with van der Waals surface area (Å²) in [5.41, 5.74) is 3.17. The molecule has 0 aromatic heterocycles. The quantitative estimate of drug-likeness (QED) is 0.581. The van der Waals surface area contributed by atoms with E-state index in [2.05, 4.69) is 5.32 Å². The molecule has 1 N–H and O–H groups in total. The van der Waals surface area contributed by atoms with Crippen LogP contribution in [0.2, 0.25) is 5.02 Å². The summed E-state index contributed by atoms with van der Waals surface area (Å²) in [4.78, 5) is 14.7. The van der Waals surface area contributed by atoms with E-state index >= 15 is 0 Å². The van der Waals surface area contributed by atoms with Crippen molar-refractivity contribution in [1.29, 1.82) is 0 Å². The minimum absolute atomic E-state index is 0.195. The van der Waals surface area contributed by atoms with Crippen molar-refractivity contribution in [2.24, 2.45) is 0 Å². The highest BCUT2D eigenvalue weighted by atomic mass is 35.5. The number of carbonyl (C=O) groups is 1. The van der Waals surface area contributed by atoms with E-state index < -0.39 is 17.7 Å². The molecule has 1 heterocycles. The zero-order valence-corrected chi connectivity index (χ0v) is 15.6. The fraction of sp³-hybridized carbons (Fsp3) is 0.136. The van der Waals surface area contributed by atoms with Crippen LogP contribution in [0, 0.1) is 11.6 Å². The molecule has 1 aliphatic heterocycles. The summed E-state index contributed by atoms with van der Waals surface area (Å²) in [6.45, 7) is 0.475. The fourth-order valence-corrected chi connectivity index (χ4v) is 3.83. The average molecular weight is 399 g/mol. The molecule has 0 radical (unpaired) electrons. The molecule has 0 saturated carbocycles. The third kappa shape index (κ3) is 3.45. The first-order chi connectivity index (χ1) is 13.5. The maximum absolute atomic E-state index is 13.5. The van der Waals surface area contributed by atoms with Crippen LogP contribution in [0.15, 0.2) is 66.7 Å². The molecule has 6 heteroatoms. The zero-order chi connectivity index (χ0) is 19.7. The highest BCUT2D eigenvalue weighted by Gasteiger charge is 2.33. The van der Waals surface area contributed by atoms with Gasteiger partial charge in [-0.05, 0) is 41.3 Å². The number of amides is 2. The SMILES string of the molecule is O=C(Nc1ccc(F)c(F)c1)N1CCc2ccccc2[C@@H]1c1ccccc1Cl. The Balaban J connectivity index is 1.71. The van der Waals surface area contributed by atoms with Gasteiger partial charge in [0, 0.05) is 23.3 Å². The van der Waals surface area contributed by atoms with Gasteiger partial charge in [0.1, 0.15) is 0 Å². The van der Waals surface area contributed by atoms with Gasteiger partial charge in [0.25, 0.3) is 0 Å². The molecule has 4 rings (SSSR count). The highest BCUT2D eigenvalue weighted by molar-refractivity contribution is 6.31. The minimum Gasteiger partial charge on any atom is -0.313 e. The van der Waals surface area contributed by atoms with Crippen molar-refractivity contribution >= 4 is 23.3 Å². The van der Waals surface area contributed by atoms with Crippen LogP contribution in [-0.2, 0) is 6.42 Å². The Morgan fingerprint density at radius 3 is 2.43 bits per heavy atom. The van der Waals surface area contributed by atoms with Crippen LogP contribution in [0.25, 0.3) is 0 Å². The van der Waals surface area contributed by atoms with E-state index in [1.54, 1.807) is 11.0 Å². The van der Waals surface area contributed by atoms with Crippen LogP contribution in [0.5, 0.6) is 0 Å². The molecule has 0 aliphatic carbocycles. The Morgan fingerprint density at radius 1 is 0.964 bits per heavy atom. The van der Waals surface area contributed by atoms with Gasteiger partial charge in [0.05, 0.1) is 6.04 Å². The molecule has 142 valence electrons. The molecule has 0 fully saturated rings. The van der Waals surface area contributed by atoms with Gasteiger partial charge in [-0.1, -0.05) is 54.1 Å². The summed E-state index contributed by atoms with van der Waals surface area (Å²) in [5.74, 6) is -1.97. The molecule has 28 heavy (non-hydrogen) atoms. The first-order valence-corrected chi connectivity index (χ1v) is 9.27. The van der Waals surface area contributed by atoms with Gasteiger partial charge in [0.15, 0.2) is 11.6 Å². The summed E-state index contributed by atoms with van der Waals surface area (Å²) in [7, 11) is 0. The van der Waals surface area contributed by atoms with Crippen LogP contribution in [-0.4, -0.2) is 17.5 Å². The maximum Gasteiger partial charge on any atom is 0.322 e. The summed E-state index contributed by atoms with van der Waals surface area (Å²) < 4.78 is 26.7. The number of anilines is 1. The van der Waals surface area contributed by atoms with Crippen LogP contribution < -0.4 is 5.32 Å². The number of urea groups is 1. The minimum atomic E-state index is -1.01. The molecule has 1 aliphatic rings.